The number of thiocarbonyl (C=S) groups is 1. The van der Waals surface area contributed by atoms with Crippen molar-refractivity contribution in [2.24, 2.45) is 0 Å². The highest BCUT2D eigenvalue weighted by molar-refractivity contribution is 7.80. The van der Waals surface area contributed by atoms with Crippen LogP contribution in [0, 0.1) is 0 Å². The lowest BCUT2D eigenvalue weighted by molar-refractivity contribution is 0.804. The number of fused-ring (bicyclic) bond motifs is 1. The Labute approximate surface area is 128 Å². The SMILES string of the molecule is S=C(NCc1ccccc1)NCc1nc2ccccc2[nH]1. The minimum Gasteiger partial charge on any atom is -0.359 e. The van der Waals surface area contributed by atoms with Crippen LogP contribution in [0.4, 0.5) is 0 Å². The van der Waals surface area contributed by atoms with Crippen molar-refractivity contribution >= 4 is 28.4 Å². The number of para-hydroxylation sites is 2. The van der Waals surface area contributed by atoms with Gasteiger partial charge in [-0.1, -0.05) is 42.5 Å². The van der Waals surface area contributed by atoms with E-state index >= 15 is 0 Å². The third kappa shape index (κ3) is 3.58. The van der Waals surface area contributed by atoms with Crippen LogP contribution >= 0.6 is 12.2 Å². The van der Waals surface area contributed by atoms with Gasteiger partial charge in [0.25, 0.3) is 0 Å². The van der Waals surface area contributed by atoms with Crippen LogP contribution in [0.2, 0.25) is 0 Å². The average Bonchev–Trinajstić information content (AvgIpc) is 2.95. The Hall–Kier alpha value is -2.40. The summed E-state index contributed by atoms with van der Waals surface area (Å²) in [7, 11) is 0. The van der Waals surface area contributed by atoms with Crippen LogP contribution in [-0.2, 0) is 13.1 Å². The van der Waals surface area contributed by atoms with Crippen molar-refractivity contribution < 1.29 is 0 Å². The maximum atomic E-state index is 5.27. The molecule has 0 amide bonds. The van der Waals surface area contributed by atoms with Crippen LogP contribution in [0.1, 0.15) is 11.4 Å². The van der Waals surface area contributed by atoms with Crippen LogP contribution in [-0.4, -0.2) is 15.1 Å². The molecule has 4 nitrogen and oxygen atoms in total. The molecule has 5 heteroatoms. The Morgan fingerprint density at radius 2 is 1.67 bits per heavy atom. The number of aromatic nitrogens is 2. The minimum absolute atomic E-state index is 0.579. The van der Waals surface area contributed by atoms with Crippen molar-refractivity contribution in [1.82, 2.24) is 20.6 Å². The highest BCUT2D eigenvalue weighted by Crippen LogP contribution is 2.09. The fourth-order valence-electron chi connectivity index (χ4n) is 2.09. The summed E-state index contributed by atoms with van der Waals surface area (Å²) in [5.41, 5.74) is 3.21. The molecule has 0 spiro atoms. The van der Waals surface area contributed by atoms with E-state index in [9.17, 15) is 0 Å². The fourth-order valence-corrected chi connectivity index (χ4v) is 2.24. The molecule has 0 unspecified atom stereocenters. The predicted molar refractivity (Wildman–Crippen MR) is 88.8 cm³/mol. The number of nitrogens with one attached hydrogen (secondary N) is 3. The van der Waals surface area contributed by atoms with E-state index in [1.807, 2.05) is 42.5 Å². The lowest BCUT2D eigenvalue weighted by Gasteiger charge is -2.09. The number of rotatable bonds is 4. The summed E-state index contributed by atoms with van der Waals surface area (Å²) in [5.74, 6) is 0.875. The number of imidazole rings is 1. The van der Waals surface area contributed by atoms with Crippen LogP contribution in [0.15, 0.2) is 54.6 Å². The number of benzene rings is 2. The van der Waals surface area contributed by atoms with Gasteiger partial charge in [-0.25, -0.2) is 4.98 Å². The van der Waals surface area contributed by atoms with Gasteiger partial charge >= 0.3 is 0 Å². The number of nitrogens with zero attached hydrogens (tertiary/aromatic N) is 1. The van der Waals surface area contributed by atoms with E-state index in [0.29, 0.717) is 18.2 Å². The Kier molecular flexibility index (Phi) is 4.12. The van der Waals surface area contributed by atoms with Crippen LogP contribution in [0.5, 0.6) is 0 Å². The van der Waals surface area contributed by atoms with Crippen LogP contribution in [0.3, 0.4) is 0 Å². The van der Waals surface area contributed by atoms with Crippen LogP contribution < -0.4 is 10.6 Å². The second-order valence-corrected chi connectivity index (χ2v) is 5.13. The molecule has 0 aliphatic carbocycles. The standard InChI is InChI=1S/C16H16N4S/c21-16(17-10-12-6-2-1-3-7-12)18-11-15-19-13-8-4-5-9-14(13)20-15/h1-9H,10-11H2,(H,19,20)(H2,17,18,21). The van der Waals surface area contributed by atoms with Gasteiger partial charge in [0, 0.05) is 6.54 Å². The molecule has 0 atom stereocenters. The van der Waals surface area contributed by atoms with Crippen molar-refractivity contribution in [2.45, 2.75) is 13.1 Å². The molecule has 1 aromatic heterocycles. The smallest absolute Gasteiger partial charge is 0.166 e. The molecule has 0 aliphatic heterocycles. The van der Waals surface area contributed by atoms with Crippen LogP contribution in [0.25, 0.3) is 11.0 Å². The summed E-state index contributed by atoms with van der Waals surface area (Å²) in [6, 6.07) is 18.1. The van der Waals surface area contributed by atoms with Gasteiger partial charge in [0.2, 0.25) is 0 Å². The van der Waals surface area contributed by atoms with E-state index in [1.54, 1.807) is 0 Å². The average molecular weight is 296 g/mol. The van der Waals surface area contributed by atoms with Gasteiger partial charge in [-0.15, -0.1) is 0 Å². The van der Waals surface area contributed by atoms with Gasteiger partial charge in [0.05, 0.1) is 17.6 Å². The number of H-pyrrole nitrogens is 1. The molecule has 3 rings (SSSR count). The lowest BCUT2D eigenvalue weighted by atomic mass is 10.2. The molecule has 0 radical (unpaired) electrons. The summed E-state index contributed by atoms with van der Waals surface area (Å²) in [6.45, 7) is 1.29. The van der Waals surface area contributed by atoms with E-state index in [2.05, 4.69) is 32.7 Å². The maximum absolute atomic E-state index is 5.27. The van der Waals surface area contributed by atoms with E-state index in [1.165, 1.54) is 5.56 Å². The number of hydrogen-bond donors (Lipinski definition) is 3. The van der Waals surface area contributed by atoms with Crippen molar-refractivity contribution in [2.75, 3.05) is 0 Å². The molecule has 106 valence electrons. The molecule has 0 saturated heterocycles. The first-order chi connectivity index (χ1) is 10.3. The molecule has 0 fully saturated rings. The topological polar surface area (TPSA) is 52.7 Å². The third-order valence-electron chi connectivity index (χ3n) is 3.15. The largest absolute Gasteiger partial charge is 0.359 e. The quantitative estimate of drug-likeness (QED) is 0.648. The fraction of sp³-hybridized carbons (Fsp3) is 0.125. The zero-order chi connectivity index (χ0) is 14.5. The highest BCUT2D eigenvalue weighted by atomic mass is 32.1. The van der Waals surface area contributed by atoms with E-state index < -0.39 is 0 Å². The Bertz CT molecular complexity index is 703. The third-order valence-corrected chi connectivity index (χ3v) is 3.44. The molecular formula is C16H16N4S. The molecule has 3 N–H and O–H groups in total. The van der Waals surface area contributed by atoms with Crippen molar-refractivity contribution in [3.63, 3.8) is 0 Å². The Balaban J connectivity index is 1.51. The molecule has 21 heavy (non-hydrogen) atoms. The second kappa shape index (κ2) is 6.37. The van der Waals surface area contributed by atoms with E-state index in [0.717, 1.165) is 16.9 Å². The van der Waals surface area contributed by atoms with Crippen molar-refractivity contribution in [1.29, 1.82) is 0 Å². The molecule has 3 aromatic rings. The Morgan fingerprint density at radius 1 is 0.952 bits per heavy atom. The van der Waals surface area contributed by atoms with E-state index in [4.69, 9.17) is 12.2 Å². The second-order valence-electron chi connectivity index (χ2n) is 4.72. The summed E-state index contributed by atoms with van der Waals surface area (Å²) >= 11 is 5.27. The molecule has 0 saturated carbocycles. The molecule has 0 bridgehead atoms. The first-order valence-electron chi connectivity index (χ1n) is 6.80. The van der Waals surface area contributed by atoms with Gasteiger partial charge < -0.3 is 15.6 Å². The normalized spacial score (nSPS) is 10.5. The van der Waals surface area contributed by atoms with Crippen molar-refractivity contribution in [3.05, 3.63) is 66.0 Å². The first-order valence-corrected chi connectivity index (χ1v) is 7.21. The minimum atomic E-state index is 0.579. The predicted octanol–water partition coefficient (Wildman–Crippen LogP) is 2.73. The van der Waals surface area contributed by atoms with Gasteiger partial charge in [-0.3, -0.25) is 0 Å². The zero-order valence-electron chi connectivity index (χ0n) is 11.5. The summed E-state index contributed by atoms with van der Waals surface area (Å²) in [4.78, 5) is 7.76. The lowest BCUT2D eigenvalue weighted by Crippen LogP contribution is -2.34. The molecular weight excluding hydrogens is 280 g/mol. The highest BCUT2D eigenvalue weighted by Gasteiger charge is 2.02. The first kappa shape index (κ1) is 13.6. The number of hydrogen-bond acceptors (Lipinski definition) is 2. The molecule has 2 aromatic carbocycles. The summed E-state index contributed by atoms with van der Waals surface area (Å²) in [5, 5.41) is 6.96. The van der Waals surface area contributed by atoms with Gasteiger partial charge in [-0.05, 0) is 29.9 Å². The van der Waals surface area contributed by atoms with Gasteiger partial charge in [-0.2, -0.15) is 0 Å². The molecule has 1 heterocycles. The Morgan fingerprint density at radius 3 is 2.48 bits per heavy atom. The maximum Gasteiger partial charge on any atom is 0.166 e. The van der Waals surface area contributed by atoms with Gasteiger partial charge in [0.15, 0.2) is 5.11 Å². The van der Waals surface area contributed by atoms with Gasteiger partial charge in [0.1, 0.15) is 5.82 Å². The zero-order valence-corrected chi connectivity index (χ0v) is 12.3. The molecule has 0 aliphatic rings. The number of aromatic amines is 1. The van der Waals surface area contributed by atoms with Crippen molar-refractivity contribution in [3.8, 4) is 0 Å². The van der Waals surface area contributed by atoms with E-state index in [-0.39, 0.29) is 0 Å². The monoisotopic (exact) mass is 296 g/mol. The summed E-state index contributed by atoms with van der Waals surface area (Å²) < 4.78 is 0. The summed E-state index contributed by atoms with van der Waals surface area (Å²) in [6.07, 6.45) is 0.